The predicted molar refractivity (Wildman–Crippen MR) is 228 cm³/mol. The van der Waals surface area contributed by atoms with E-state index in [1.807, 2.05) is 92.6 Å². The van der Waals surface area contributed by atoms with Crippen LogP contribution in [-0.4, -0.2) is 108 Å². The summed E-state index contributed by atoms with van der Waals surface area (Å²) in [6.07, 6.45) is 2.01. The fourth-order valence-corrected chi connectivity index (χ4v) is 7.29. The van der Waals surface area contributed by atoms with Gasteiger partial charge in [-0.1, -0.05) is 54.6 Å². The van der Waals surface area contributed by atoms with Gasteiger partial charge in [-0.3, -0.25) is 14.4 Å². The normalized spacial score (nSPS) is 16.0. The van der Waals surface area contributed by atoms with Crippen LogP contribution in [0, 0.1) is 17.6 Å². The molecule has 0 bridgehead atoms. The second kappa shape index (κ2) is 21.4. The Balaban J connectivity index is 1.09. The van der Waals surface area contributed by atoms with E-state index < -0.39 is 23.4 Å². The first kappa shape index (κ1) is 45.2. The molecule has 0 spiro atoms. The zero-order chi connectivity index (χ0) is 43.3. The van der Waals surface area contributed by atoms with E-state index in [4.69, 9.17) is 4.74 Å². The maximum absolute atomic E-state index is 14.6. The van der Waals surface area contributed by atoms with Crippen LogP contribution in [0.1, 0.15) is 67.8 Å². The second-order valence-electron chi connectivity index (χ2n) is 15.7. The fraction of sp³-hybridized carbons (Fsp3) is 0.391. The molecule has 0 heterocycles. The SMILES string of the molecule is CNC(=O)c1ccc(C[C@@H](CNC(=O)CCOc2ccc(C3CC3[C@H](NC(=O)NC[C@H](Cc3ccc(C(=O)NC)c(F)c3)N(C)C)c3ccccc3)cc2)N(C)C)cc1F. The Kier molecular flexibility index (Phi) is 16.1. The Morgan fingerprint density at radius 1 is 0.717 bits per heavy atom. The number of ether oxygens (including phenoxy) is 1. The van der Waals surface area contributed by atoms with Gasteiger partial charge in [-0.15, -0.1) is 0 Å². The first-order valence-electron chi connectivity index (χ1n) is 20.2. The summed E-state index contributed by atoms with van der Waals surface area (Å²) in [6.45, 7) is 0.881. The molecule has 1 saturated carbocycles. The highest BCUT2D eigenvalue weighted by Crippen LogP contribution is 2.54. The van der Waals surface area contributed by atoms with E-state index in [0.29, 0.717) is 31.7 Å². The monoisotopic (exact) mass is 825 g/mol. The summed E-state index contributed by atoms with van der Waals surface area (Å²) in [4.78, 5) is 53.8. The molecule has 0 aliphatic heterocycles. The van der Waals surface area contributed by atoms with Gasteiger partial charge >= 0.3 is 6.03 Å². The molecular weight excluding hydrogens is 769 g/mol. The summed E-state index contributed by atoms with van der Waals surface area (Å²) in [5.74, 6) is -1.25. The lowest BCUT2D eigenvalue weighted by Gasteiger charge is -2.26. The number of amides is 5. The summed E-state index contributed by atoms with van der Waals surface area (Å²) in [5, 5.41) is 14.1. The summed E-state index contributed by atoms with van der Waals surface area (Å²) in [7, 11) is 10.5. The van der Waals surface area contributed by atoms with Crippen molar-refractivity contribution in [2.45, 2.75) is 49.7 Å². The van der Waals surface area contributed by atoms with Gasteiger partial charge < -0.3 is 41.1 Å². The van der Waals surface area contributed by atoms with Crippen molar-refractivity contribution in [2.24, 2.45) is 5.92 Å². The van der Waals surface area contributed by atoms with Crippen LogP contribution in [-0.2, 0) is 17.6 Å². The predicted octanol–water partition coefficient (Wildman–Crippen LogP) is 5.06. The summed E-state index contributed by atoms with van der Waals surface area (Å²) in [5.41, 5.74) is 3.56. The minimum absolute atomic E-state index is 0.0115. The number of rotatable bonds is 20. The minimum Gasteiger partial charge on any atom is -0.493 e. The first-order chi connectivity index (χ1) is 28.8. The van der Waals surface area contributed by atoms with Gasteiger partial charge in [-0.05, 0) is 118 Å². The molecule has 5 N–H and O–H groups in total. The molecule has 1 fully saturated rings. The molecule has 320 valence electrons. The van der Waals surface area contributed by atoms with Crippen LogP contribution in [0.5, 0.6) is 5.75 Å². The summed E-state index contributed by atoms with van der Waals surface area (Å²) in [6, 6.07) is 26.2. The zero-order valence-corrected chi connectivity index (χ0v) is 35.2. The molecule has 14 heteroatoms. The number of carbonyl (C=O) groups excluding carboxylic acids is 4. The summed E-state index contributed by atoms with van der Waals surface area (Å²) >= 11 is 0. The van der Waals surface area contributed by atoms with Gasteiger partial charge in [0.25, 0.3) is 11.8 Å². The Morgan fingerprint density at radius 3 is 1.75 bits per heavy atom. The van der Waals surface area contributed by atoms with Gasteiger partial charge in [-0.2, -0.15) is 0 Å². The highest BCUT2D eigenvalue weighted by Gasteiger charge is 2.45. The fourth-order valence-electron chi connectivity index (χ4n) is 7.29. The molecule has 0 saturated heterocycles. The second-order valence-corrected chi connectivity index (χ2v) is 15.7. The number of likely N-dealkylation sites (N-methyl/N-ethyl adjacent to an activating group) is 2. The largest absolute Gasteiger partial charge is 0.493 e. The van der Waals surface area contributed by atoms with Crippen molar-refractivity contribution < 1.29 is 32.7 Å². The number of hydrogen-bond donors (Lipinski definition) is 5. The van der Waals surface area contributed by atoms with E-state index in [9.17, 15) is 28.0 Å². The lowest BCUT2D eigenvalue weighted by molar-refractivity contribution is -0.121. The number of halogens is 2. The third-order valence-corrected chi connectivity index (χ3v) is 11.1. The Morgan fingerprint density at radius 2 is 1.25 bits per heavy atom. The molecule has 60 heavy (non-hydrogen) atoms. The van der Waals surface area contributed by atoms with Crippen molar-refractivity contribution in [3.05, 3.63) is 136 Å². The van der Waals surface area contributed by atoms with E-state index in [-0.39, 0.29) is 66.1 Å². The van der Waals surface area contributed by atoms with Crippen molar-refractivity contribution in [1.29, 1.82) is 0 Å². The van der Waals surface area contributed by atoms with E-state index in [1.165, 1.54) is 38.4 Å². The first-order valence-corrected chi connectivity index (χ1v) is 20.2. The van der Waals surface area contributed by atoms with Crippen LogP contribution in [0.25, 0.3) is 0 Å². The molecule has 4 aromatic carbocycles. The van der Waals surface area contributed by atoms with Crippen molar-refractivity contribution in [2.75, 3.05) is 62.0 Å². The zero-order valence-electron chi connectivity index (χ0n) is 35.2. The van der Waals surface area contributed by atoms with Gasteiger partial charge in [0.2, 0.25) is 5.91 Å². The van der Waals surface area contributed by atoms with Crippen molar-refractivity contribution in [1.82, 2.24) is 36.4 Å². The summed E-state index contributed by atoms with van der Waals surface area (Å²) < 4.78 is 35.1. The van der Waals surface area contributed by atoms with Crippen molar-refractivity contribution in [3.8, 4) is 5.75 Å². The lowest BCUT2D eigenvalue weighted by atomic mass is 9.98. The Hall–Kier alpha value is -5.86. The molecule has 5 amide bonds. The van der Waals surface area contributed by atoms with Crippen LogP contribution >= 0.6 is 0 Å². The molecule has 1 aliphatic rings. The molecule has 0 radical (unpaired) electrons. The van der Waals surface area contributed by atoms with Crippen LogP contribution in [0.15, 0.2) is 91.0 Å². The van der Waals surface area contributed by atoms with Crippen molar-refractivity contribution in [3.63, 3.8) is 0 Å². The van der Waals surface area contributed by atoms with Gasteiger partial charge in [0.15, 0.2) is 0 Å². The average molecular weight is 826 g/mol. The molecular formula is C46H57F2N7O5. The molecule has 2 unspecified atom stereocenters. The van der Waals surface area contributed by atoms with Gasteiger partial charge in [0.05, 0.1) is 30.2 Å². The molecule has 0 aromatic heterocycles. The van der Waals surface area contributed by atoms with Crippen LogP contribution < -0.4 is 31.3 Å². The Bertz CT molecular complexity index is 2080. The molecule has 12 nitrogen and oxygen atoms in total. The van der Waals surface area contributed by atoms with E-state index >= 15 is 0 Å². The number of carbonyl (C=O) groups is 4. The standard InChI is InChI=1S/C46H57F2N7O5/c1-49-44(57)36-18-12-29(24-40(36)47)22-33(54(3)4)27-51-42(56)20-21-60-35-16-14-31(15-17-35)38-26-39(38)43(32-10-8-7-9-11-32)53-46(59)52-28-34(55(5)6)23-30-13-19-37(41(48)25-30)45(58)50-2/h7-19,24-25,33-34,38-39,43H,20-23,26-28H2,1-6H3,(H,49,57)(H,50,58)(H,51,56)(H2,52,53,59)/t33-,34-,38?,39?,43+/m0/s1. The molecule has 4 aromatic rings. The smallest absolute Gasteiger partial charge is 0.315 e. The van der Waals surface area contributed by atoms with Crippen LogP contribution in [0.2, 0.25) is 0 Å². The number of urea groups is 1. The van der Waals surface area contributed by atoms with Crippen LogP contribution in [0.3, 0.4) is 0 Å². The van der Waals surface area contributed by atoms with Gasteiger partial charge in [0.1, 0.15) is 17.4 Å². The van der Waals surface area contributed by atoms with Gasteiger partial charge in [0, 0.05) is 39.3 Å². The number of hydrogen-bond acceptors (Lipinski definition) is 7. The molecule has 5 atom stereocenters. The number of benzene rings is 4. The van der Waals surface area contributed by atoms with Crippen LogP contribution in [0.4, 0.5) is 13.6 Å². The average Bonchev–Trinajstić information content (AvgIpc) is 4.03. The highest BCUT2D eigenvalue weighted by atomic mass is 19.1. The maximum Gasteiger partial charge on any atom is 0.315 e. The maximum atomic E-state index is 14.6. The third-order valence-electron chi connectivity index (χ3n) is 11.1. The van der Waals surface area contributed by atoms with E-state index in [1.54, 1.807) is 12.1 Å². The highest BCUT2D eigenvalue weighted by molar-refractivity contribution is 5.94. The number of nitrogens with zero attached hydrogens (tertiary/aromatic N) is 2. The molecule has 5 rings (SSSR count). The topological polar surface area (TPSA) is 144 Å². The lowest BCUT2D eigenvalue weighted by Crippen LogP contribution is -2.46. The van der Waals surface area contributed by atoms with E-state index in [0.717, 1.165) is 28.7 Å². The third kappa shape index (κ3) is 12.6. The Labute approximate surface area is 351 Å². The molecule has 1 aliphatic carbocycles. The quantitative estimate of drug-likeness (QED) is 0.0839. The number of nitrogens with one attached hydrogen (secondary N) is 5. The van der Waals surface area contributed by atoms with E-state index in [2.05, 4.69) is 26.6 Å². The minimum atomic E-state index is -0.588. The van der Waals surface area contributed by atoms with Crippen molar-refractivity contribution >= 4 is 23.8 Å². The van der Waals surface area contributed by atoms with Gasteiger partial charge in [-0.25, -0.2) is 13.6 Å².